The molecule has 1 aliphatic heterocycles. The summed E-state index contributed by atoms with van der Waals surface area (Å²) in [5.41, 5.74) is 0. The van der Waals surface area contributed by atoms with Crippen molar-refractivity contribution in [2.24, 2.45) is 0 Å². The van der Waals surface area contributed by atoms with Crippen LogP contribution in [0, 0.1) is 0 Å². The third-order valence-electron chi connectivity index (χ3n) is 2.14. The molecular formula is C7H16N2O2S2. The summed E-state index contributed by atoms with van der Waals surface area (Å²) in [5.74, 6) is 1.50. The molecule has 0 spiro atoms. The molecule has 0 saturated carbocycles. The molecule has 1 heterocycles. The van der Waals surface area contributed by atoms with Crippen molar-refractivity contribution in [3.05, 3.63) is 0 Å². The molecule has 1 fully saturated rings. The van der Waals surface area contributed by atoms with Crippen molar-refractivity contribution in [1.82, 2.24) is 8.61 Å². The van der Waals surface area contributed by atoms with E-state index in [1.807, 2.05) is 13.8 Å². The van der Waals surface area contributed by atoms with Crippen LogP contribution in [0.4, 0.5) is 0 Å². The van der Waals surface area contributed by atoms with Gasteiger partial charge in [0.25, 0.3) is 10.2 Å². The van der Waals surface area contributed by atoms with Gasteiger partial charge in [0.1, 0.15) is 0 Å². The fourth-order valence-electron chi connectivity index (χ4n) is 1.03. The van der Waals surface area contributed by atoms with Crippen molar-refractivity contribution < 1.29 is 8.42 Å². The Morgan fingerprint density at radius 1 is 1.46 bits per heavy atom. The summed E-state index contributed by atoms with van der Waals surface area (Å²) in [7, 11) is -1.56. The maximum Gasteiger partial charge on any atom is 0.282 e. The lowest BCUT2D eigenvalue weighted by atomic mass is 10.4. The Balaban J connectivity index is 2.75. The fraction of sp³-hybridized carbons (Fsp3) is 1.00. The van der Waals surface area contributed by atoms with Crippen LogP contribution in [0.3, 0.4) is 0 Å². The molecule has 1 aliphatic rings. The Morgan fingerprint density at radius 2 is 2.08 bits per heavy atom. The van der Waals surface area contributed by atoms with Crippen LogP contribution in [0.25, 0.3) is 0 Å². The molecule has 0 aromatic rings. The summed E-state index contributed by atoms with van der Waals surface area (Å²) in [6.45, 7) is 4.39. The van der Waals surface area contributed by atoms with E-state index in [9.17, 15) is 8.42 Å². The average molecular weight is 224 g/mol. The van der Waals surface area contributed by atoms with Gasteiger partial charge in [-0.2, -0.15) is 17.0 Å². The normalized spacial score (nSPS) is 20.4. The summed E-state index contributed by atoms with van der Waals surface area (Å²) < 4.78 is 26.6. The second kappa shape index (κ2) is 4.16. The van der Waals surface area contributed by atoms with Crippen LogP contribution >= 0.6 is 11.8 Å². The zero-order valence-corrected chi connectivity index (χ0v) is 9.86. The van der Waals surface area contributed by atoms with Crippen molar-refractivity contribution in [2.75, 3.05) is 25.2 Å². The third-order valence-corrected chi connectivity index (χ3v) is 5.38. The fourth-order valence-corrected chi connectivity index (χ4v) is 3.93. The van der Waals surface area contributed by atoms with Gasteiger partial charge in [0, 0.05) is 25.4 Å². The van der Waals surface area contributed by atoms with Crippen LogP contribution in [0.15, 0.2) is 0 Å². The smallest absolute Gasteiger partial charge is 0.195 e. The van der Waals surface area contributed by atoms with E-state index in [0.717, 1.165) is 5.75 Å². The first kappa shape index (κ1) is 11.3. The van der Waals surface area contributed by atoms with E-state index in [-0.39, 0.29) is 6.04 Å². The Bertz CT molecular complexity index is 250. The van der Waals surface area contributed by atoms with Gasteiger partial charge in [0.05, 0.1) is 5.88 Å². The molecule has 13 heavy (non-hydrogen) atoms. The monoisotopic (exact) mass is 224 g/mol. The molecule has 0 radical (unpaired) electrons. The molecule has 78 valence electrons. The van der Waals surface area contributed by atoms with Gasteiger partial charge in [0.15, 0.2) is 0 Å². The highest BCUT2D eigenvalue weighted by Gasteiger charge is 2.30. The molecule has 4 nitrogen and oxygen atoms in total. The number of rotatable bonds is 3. The van der Waals surface area contributed by atoms with Crippen molar-refractivity contribution in [3.63, 3.8) is 0 Å². The molecule has 1 rings (SSSR count). The number of thioether (sulfide) groups is 1. The molecule has 0 amide bonds. The van der Waals surface area contributed by atoms with E-state index < -0.39 is 10.2 Å². The first-order chi connectivity index (χ1) is 5.96. The Kier molecular flexibility index (Phi) is 3.62. The van der Waals surface area contributed by atoms with Crippen molar-refractivity contribution in [3.8, 4) is 0 Å². The highest BCUT2D eigenvalue weighted by Crippen LogP contribution is 2.19. The zero-order valence-electron chi connectivity index (χ0n) is 8.23. The second-order valence-electron chi connectivity index (χ2n) is 3.33. The van der Waals surface area contributed by atoms with Crippen LogP contribution in [-0.2, 0) is 10.2 Å². The summed E-state index contributed by atoms with van der Waals surface area (Å²) in [5, 5.41) is 0. The van der Waals surface area contributed by atoms with E-state index >= 15 is 0 Å². The van der Waals surface area contributed by atoms with Crippen LogP contribution in [0.5, 0.6) is 0 Å². The van der Waals surface area contributed by atoms with E-state index in [4.69, 9.17) is 0 Å². The largest absolute Gasteiger partial charge is 0.282 e. The molecule has 0 aromatic carbocycles. The summed E-state index contributed by atoms with van der Waals surface area (Å²) >= 11 is 1.66. The average Bonchev–Trinajstić information content (AvgIpc) is 2.54. The van der Waals surface area contributed by atoms with Gasteiger partial charge >= 0.3 is 0 Å². The number of hydrogen-bond acceptors (Lipinski definition) is 3. The summed E-state index contributed by atoms with van der Waals surface area (Å²) in [4.78, 5) is 0. The number of hydrogen-bond donors (Lipinski definition) is 0. The first-order valence-corrected chi connectivity index (χ1v) is 6.82. The van der Waals surface area contributed by atoms with Crippen molar-refractivity contribution >= 4 is 22.0 Å². The van der Waals surface area contributed by atoms with E-state index in [1.165, 1.54) is 8.61 Å². The van der Waals surface area contributed by atoms with Crippen molar-refractivity contribution in [2.45, 2.75) is 19.9 Å². The standard InChI is InChI=1S/C7H16N2O2S2/c1-7(2)8(3)13(10,11)9-4-5-12-6-9/h7H,4-6H2,1-3H3. The van der Waals surface area contributed by atoms with Crippen LogP contribution in [0.1, 0.15) is 13.8 Å². The van der Waals surface area contributed by atoms with Crippen LogP contribution in [0.2, 0.25) is 0 Å². The van der Waals surface area contributed by atoms with Gasteiger partial charge in [-0.25, -0.2) is 0 Å². The van der Waals surface area contributed by atoms with E-state index in [0.29, 0.717) is 12.4 Å². The quantitative estimate of drug-likeness (QED) is 0.704. The molecular weight excluding hydrogens is 208 g/mol. The minimum Gasteiger partial charge on any atom is -0.195 e. The minimum absolute atomic E-state index is 0.0237. The van der Waals surface area contributed by atoms with E-state index in [2.05, 4.69) is 0 Å². The van der Waals surface area contributed by atoms with Gasteiger partial charge in [-0.15, -0.1) is 11.8 Å². The Labute approximate surface area is 84.5 Å². The van der Waals surface area contributed by atoms with Crippen LogP contribution < -0.4 is 0 Å². The van der Waals surface area contributed by atoms with E-state index in [1.54, 1.807) is 18.8 Å². The summed E-state index contributed by atoms with van der Waals surface area (Å²) in [6.07, 6.45) is 0. The predicted molar refractivity (Wildman–Crippen MR) is 55.8 cm³/mol. The first-order valence-electron chi connectivity index (χ1n) is 4.27. The molecule has 0 atom stereocenters. The van der Waals surface area contributed by atoms with Gasteiger partial charge in [-0.1, -0.05) is 0 Å². The molecule has 6 heteroatoms. The Morgan fingerprint density at radius 3 is 2.46 bits per heavy atom. The van der Waals surface area contributed by atoms with Crippen molar-refractivity contribution in [1.29, 1.82) is 0 Å². The second-order valence-corrected chi connectivity index (χ2v) is 6.39. The van der Waals surface area contributed by atoms with Gasteiger partial charge < -0.3 is 0 Å². The zero-order chi connectivity index (χ0) is 10.1. The number of nitrogens with zero attached hydrogens (tertiary/aromatic N) is 2. The maximum absolute atomic E-state index is 11.8. The van der Waals surface area contributed by atoms with Crippen LogP contribution in [-0.4, -0.2) is 48.3 Å². The molecule has 0 aromatic heterocycles. The predicted octanol–water partition coefficient (Wildman–Crippen LogP) is 0.578. The molecule has 0 unspecified atom stereocenters. The highest BCUT2D eigenvalue weighted by molar-refractivity contribution is 8.00. The van der Waals surface area contributed by atoms with Gasteiger partial charge in [-0.05, 0) is 13.8 Å². The SMILES string of the molecule is CC(C)N(C)S(=O)(=O)N1CCSC1. The molecule has 0 N–H and O–H groups in total. The lowest BCUT2D eigenvalue weighted by Crippen LogP contribution is -2.43. The Hall–Kier alpha value is 0.220. The minimum atomic E-state index is -3.19. The highest BCUT2D eigenvalue weighted by atomic mass is 32.2. The third kappa shape index (κ3) is 2.37. The molecule has 0 bridgehead atoms. The summed E-state index contributed by atoms with van der Waals surface area (Å²) in [6, 6.07) is 0.0237. The molecule has 1 saturated heterocycles. The molecule has 0 aliphatic carbocycles. The lowest BCUT2D eigenvalue weighted by molar-refractivity contribution is 0.363. The topological polar surface area (TPSA) is 40.6 Å². The lowest BCUT2D eigenvalue weighted by Gasteiger charge is -2.25. The van der Waals surface area contributed by atoms with Gasteiger partial charge in [-0.3, -0.25) is 0 Å². The van der Waals surface area contributed by atoms with Gasteiger partial charge in [0.2, 0.25) is 0 Å². The maximum atomic E-state index is 11.8.